The normalized spacial score (nSPS) is 14.7. The van der Waals surface area contributed by atoms with E-state index in [2.05, 4.69) is 9.88 Å². The largest absolute Gasteiger partial charge is 0.365 e. The Bertz CT molecular complexity index is 767. The van der Waals surface area contributed by atoms with E-state index in [0.717, 1.165) is 11.3 Å². The molecule has 1 aromatic carbocycles. The van der Waals surface area contributed by atoms with E-state index >= 15 is 0 Å². The maximum atomic E-state index is 12.3. The quantitative estimate of drug-likeness (QED) is 0.486. The Morgan fingerprint density at radius 1 is 1.08 bits per heavy atom. The molecule has 7 heteroatoms. The van der Waals surface area contributed by atoms with Crippen LogP contribution in [0, 0.1) is 10.1 Å². The molecule has 0 atom stereocenters. The molecule has 25 heavy (non-hydrogen) atoms. The Morgan fingerprint density at radius 2 is 1.80 bits per heavy atom. The van der Waals surface area contributed by atoms with Crippen molar-refractivity contribution in [2.45, 2.75) is 0 Å². The highest BCUT2D eigenvalue weighted by atomic mass is 16.6. The van der Waals surface area contributed by atoms with Gasteiger partial charge in [0, 0.05) is 38.3 Å². The highest BCUT2D eigenvalue weighted by Crippen LogP contribution is 2.18. The number of hydrogen-bond acceptors (Lipinski definition) is 5. The number of nitro groups is 1. The van der Waals surface area contributed by atoms with Crippen LogP contribution in [0.25, 0.3) is 6.08 Å². The molecule has 0 aliphatic carbocycles. The number of nitrogens with zero attached hydrogens (tertiary/aromatic N) is 4. The van der Waals surface area contributed by atoms with E-state index in [1.807, 2.05) is 36.4 Å². The lowest BCUT2D eigenvalue weighted by Crippen LogP contribution is -2.48. The molecule has 0 saturated carbocycles. The monoisotopic (exact) mass is 338 g/mol. The van der Waals surface area contributed by atoms with Crippen LogP contribution in [0.5, 0.6) is 0 Å². The Kier molecular flexibility index (Phi) is 5.03. The maximum Gasteiger partial charge on any atom is 0.363 e. The third-order valence-electron chi connectivity index (χ3n) is 4.09. The summed E-state index contributed by atoms with van der Waals surface area (Å²) in [6.07, 6.45) is 4.91. The summed E-state index contributed by atoms with van der Waals surface area (Å²) in [6.45, 7) is 2.55. The van der Waals surface area contributed by atoms with Crippen LogP contribution in [0.15, 0.2) is 54.7 Å². The van der Waals surface area contributed by atoms with Crippen molar-refractivity contribution in [1.82, 2.24) is 9.88 Å². The molecule has 1 aliphatic heterocycles. The summed E-state index contributed by atoms with van der Waals surface area (Å²) >= 11 is 0. The molecule has 128 valence electrons. The van der Waals surface area contributed by atoms with E-state index in [1.165, 1.54) is 12.3 Å². The first kappa shape index (κ1) is 16.6. The zero-order valence-corrected chi connectivity index (χ0v) is 13.6. The summed E-state index contributed by atoms with van der Waals surface area (Å²) in [5.41, 5.74) is 1.82. The van der Waals surface area contributed by atoms with Crippen LogP contribution in [0.4, 0.5) is 11.5 Å². The summed E-state index contributed by atoms with van der Waals surface area (Å²) in [5.74, 6) is -0.172. The number of anilines is 1. The fourth-order valence-electron chi connectivity index (χ4n) is 2.70. The number of carbonyl (C=O) groups is 1. The predicted molar refractivity (Wildman–Crippen MR) is 95.2 cm³/mol. The van der Waals surface area contributed by atoms with Crippen LogP contribution in [0.1, 0.15) is 5.56 Å². The number of carbonyl (C=O) groups excluding carboxylic acids is 1. The van der Waals surface area contributed by atoms with Crippen molar-refractivity contribution in [3.63, 3.8) is 0 Å². The summed E-state index contributed by atoms with van der Waals surface area (Å²) in [5, 5.41) is 10.6. The number of rotatable bonds is 4. The minimum atomic E-state index is -0.514. The van der Waals surface area contributed by atoms with Crippen molar-refractivity contribution in [2.24, 2.45) is 0 Å². The molecule has 1 aliphatic rings. The Morgan fingerprint density at radius 3 is 2.40 bits per heavy atom. The molecule has 2 aromatic rings. The molecule has 0 N–H and O–H groups in total. The van der Waals surface area contributed by atoms with Crippen LogP contribution in [-0.2, 0) is 4.79 Å². The first-order valence-corrected chi connectivity index (χ1v) is 8.01. The average Bonchev–Trinajstić information content (AvgIpc) is 2.67. The smallest absolute Gasteiger partial charge is 0.363 e. The topological polar surface area (TPSA) is 79.6 Å². The van der Waals surface area contributed by atoms with Gasteiger partial charge in [-0.15, -0.1) is 0 Å². The van der Waals surface area contributed by atoms with Crippen molar-refractivity contribution in [2.75, 3.05) is 31.1 Å². The average molecular weight is 338 g/mol. The molecule has 3 rings (SSSR count). The Hall–Kier alpha value is -3.22. The molecule has 7 nitrogen and oxygen atoms in total. The molecule has 1 amide bonds. The van der Waals surface area contributed by atoms with Crippen LogP contribution < -0.4 is 4.90 Å². The molecule has 1 fully saturated rings. The number of benzene rings is 1. The van der Waals surface area contributed by atoms with E-state index in [-0.39, 0.29) is 11.7 Å². The number of amides is 1. The van der Waals surface area contributed by atoms with Gasteiger partial charge in [-0.2, -0.15) is 0 Å². The minimum absolute atomic E-state index is 0.00896. The molecule has 0 bridgehead atoms. The Balaban J connectivity index is 1.55. The number of aromatic nitrogens is 1. The second-order valence-electron chi connectivity index (χ2n) is 5.69. The second kappa shape index (κ2) is 7.57. The van der Waals surface area contributed by atoms with E-state index < -0.39 is 4.92 Å². The minimum Gasteiger partial charge on any atom is -0.365 e. The Labute approximate surface area is 145 Å². The third kappa shape index (κ3) is 4.20. The summed E-state index contributed by atoms with van der Waals surface area (Å²) in [4.78, 5) is 30.1. The van der Waals surface area contributed by atoms with Gasteiger partial charge in [0.2, 0.25) is 5.91 Å². The van der Waals surface area contributed by atoms with E-state index in [9.17, 15) is 14.9 Å². The lowest BCUT2D eigenvalue weighted by atomic mass is 10.2. The SMILES string of the molecule is O=C(/C=C/c1ccccc1)N1CCN(c2ccc([N+](=O)[O-])nc2)CC1. The predicted octanol–water partition coefficient (Wildman–Crippen LogP) is 2.35. The first-order chi connectivity index (χ1) is 12.1. The van der Waals surface area contributed by atoms with Crippen molar-refractivity contribution in [3.05, 3.63) is 70.4 Å². The van der Waals surface area contributed by atoms with Gasteiger partial charge in [-0.05, 0) is 27.6 Å². The summed E-state index contributed by atoms with van der Waals surface area (Å²) in [7, 11) is 0. The molecule has 0 unspecified atom stereocenters. The molecule has 1 aromatic heterocycles. The van der Waals surface area contributed by atoms with Gasteiger partial charge in [0.1, 0.15) is 0 Å². The highest BCUT2D eigenvalue weighted by Gasteiger charge is 2.21. The lowest BCUT2D eigenvalue weighted by molar-refractivity contribution is -0.389. The number of piperazine rings is 1. The van der Waals surface area contributed by atoms with E-state index in [1.54, 1.807) is 17.0 Å². The van der Waals surface area contributed by atoms with Gasteiger partial charge in [-0.1, -0.05) is 30.3 Å². The van der Waals surface area contributed by atoms with E-state index in [4.69, 9.17) is 0 Å². The van der Waals surface area contributed by atoms with Crippen LogP contribution in [0.2, 0.25) is 0 Å². The van der Waals surface area contributed by atoms with Crippen LogP contribution in [0.3, 0.4) is 0 Å². The zero-order valence-electron chi connectivity index (χ0n) is 13.6. The molecule has 0 radical (unpaired) electrons. The van der Waals surface area contributed by atoms with Gasteiger partial charge in [0.05, 0.1) is 5.69 Å². The maximum absolute atomic E-state index is 12.3. The van der Waals surface area contributed by atoms with Crippen LogP contribution >= 0.6 is 0 Å². The van der Waals surface area contributed by atoms with Gasteiger partial charge in [0.15, 0.2) is 6.20 Å². The zero-order chi connectivity index (χ0) is 17.6. The molecule has 0 spiro atoms. The molecular formula is C18H18N4O3. The van der Waals surface area contributed by atoms with Gasteiger partial charge in [-0.3, -0.25) is 4.79 Å². The number of hydrogen-bond donors (Lipinski definition) is 0. The summed E-state index contributed by atoms with van der Waals surface area (Å²) in [6, 6.07) is 12.8. The highest BCUT2D eigenvalue weighted by molar-refractivity contribution is 5.91. The molecular weight excluding hydrogens is 320 g/mol. The van der Waals surface area contributed by atoms with E-state index in [0.29, 0.717) is 26.2 Å². The lowest BCUT2D eigenvalue weighted by Gasteiger charge is -2.35. The van der Waals surface area contributed by atoms with Gasteiger partial charge >= 0.3 is 5.82 Å². The van der Waals surface area contributed by atoms with Gasteiger partial charge in [-0.25, -0.2) is 0 Å². The van der Waals surface area contributed by atoms with Crippen molar-refractivity contribution in [1.29, 1.82) is 0 Å². The third-order valence-corrected chi connectivity index (χ3v) is 4.09. The van der Waals surface area contributed by atoms with Gasteiger partial charge < -0.3 is 19.9 Å². The summed E-state index contributed by atoms with van der Waals surface area (Å²) < 4.78 is 0. The van der Waals surface area contributed by atoms with Crippen LogP contribution in [-0.4, -0.2) is 46.9 Å². The fraction of sp³-hybridized carbons (Fsp3) is 0.222. The first-order valence-electron chi connectivity index (χ1n) is 8.01. The van der Waals surface area contributed by atoms with Crippen molar-refractivity contribution < 1.29 is 9.72 Å². The number of pyridine rings is 1. The van der Waals surface area contributed by atoms with Gasteiger partial charge in [0.25, 0.3) is 0 Å². The second-order valence-corrected chi connectivity index (χ2v) is 5.69. The standard InChI is InChI=1S/C18H18N4O3/c23-18(9-6-15-4-2-1-3-5-15)21-12-10-20(11-13-21)16-7-8-17(19-14-16)22(24)25/h1-9,14H,10-13H2/b9-6+. The molecule has 2 heterocycles. The van der Waals surface area contributed by atoms with Crippen molar-refractivity contribution in [3.8, 4) is 0 Å². The molecule has 1 saturated heterocycles. The fourth-order valence-corrected chi connectivity index (χ4v) is 2.70. The van der Waals surface area contributed by atoms with Crippen molar-refractivity contribution >= 4 is 23.5 Å².